The maximum Gasteiger partial charge on any atom is 0.146 e. The molecule has 0 saturated carbocycles. The molecule has 2 heterocycles. The van der Waals surface area contributed by atoms with Crippen molar-refractivity contribution < 1.29 is 4.74 Å². The predicted molar refractivity (Wildman–Crippen MR) is 47.1 cm³/mol. The molecule has 72 valence electrons. The van der Waals surface area contributed by atoms with Crippen LogP contribution in [0.5, 0.6) is 0 Å². The van der Waals surface area contributed by atoms with E-state index in [4.69, 9.17) is 10.5 Å². The van der Waals surface area contributed by atoms with Crippen molar-refractivity contribution in [3.05, 3.63) is 11.6 Å². The molecule has 1 fully saturated rings. The van der Waals surface area contributed by atoms with Gasteiger partial charge in [-0.05, 0) is 6.42 Å². The Morgan fingerprint density at radius 3 is 3.00 bits per heavy atom. The van der Waals surface area contributed by atoms with Crippen LogP contribution in [-0.4, -0.2) is 28.0 Å². The fourth-order valence-electron chi connectivity index (χ4n) is 1.65. The number of ether oxygens (including phenoxy) is 1. The summed E-state index contributed by atoms with van der Waals surface area (Å²) in [6.45, 7) is 2.03. The molecule has 1 saturated heterocycles. The Bertz CT molecular complexity index is 290. The smallest absolute Gasteiger partial charge is 0.146 e. The van der Waals surface area contributed by atoms with E-state index in [9.17, 15) is 0 Å². The molecule has 0 aromatic carbocycles. The van der Waals surface area contributed by atoms with Gasteiger partial charge in [0.25, 0.3) is 0 Å². The van der Waals surface area contributed by atoms with Crippen molar-refractivity contribution in [1.29, 1.82) is 0 Å². The summed E-state index contributed by atoms with van der Waals surface area (Å²) in [7, 11) is 1.95. The molecule has 5 nitrogen and oxygen atoms in total. The second kappa shape index (κ2) is 3.43. The van der Waals surface area contributed by atoms with Gasteiger partial charge in [-0.2, -0.15) is 0 Å². The van der Waals surface area contributed by atoms with Gasteiger partial charge in [0.15, 0.2) is 0 Å². The fraction of sp³-hybridized carbons (Fsp3) is 0.750. The van der Waals surface area contributed by atoms with Gasteiger partial charge in [-0.3, -0.25) is 0 Å². The first-order valence-corrected chi connectivity index (χ1v) is 4.49. The molecule has 13 heavy (non-hydrogen) atoms. The number of rotatable bonds is 2. The van der Waals surface area contributed by atoms with Crippen molar-refractivity contribution in [2.24, 2.45) is 12.8 Å². The molecule has 1 aromatic heterocycles. The van der Waals surface area contributed by atoms with Crippen LogP contribution in [0.15, 0.2) is 0 Å². The molecule has 1 aliphatic heterocycles. The first-order valence-electron chi connectivity index (χ1n) is 4.49. The topological polar surface area (TPSA) is 66.0 Å². The van der Waals surface area contributed by atoms with Gasteiger partial charge in [-0.15, -0.1) is 10.2 Å². The minimum atomic E-state index is 0.401. The molecule has 0 amide bonds. The summed E-state index contributed by atoms with van der Waals surface area (Å²) in [4.78, 5) is 0. The Kier molecular flexibility index (Phi) is 2.28. The molecule has 5 heteroatoms. The van der Waals surface area contributed by atoms with Gasteiger partial charge in [0.2, 0.25) is 0 Å². The van der Waals surface area contributed by atoms with E-state index in [1.807, 2.05) is 11.6 Å². The highest BCUT2D eigenvalue weighted by molar-refractivity contribution is 5.02. The predicted octanol–water partition coefficient (Wildman–Crippen LogP) is -0.222. The van der Waals surface area contributed by atoms with Crippen molar-refractivity contribution in [3.63, 3.8) is 0 Å². The van der Waals surface area contributed by atoms with E-state index >= 15 is 0 Å². The molecule has 0 spiro atoms. The minimum Gasteiger partial charge on any atom is -0.381 e. The monoisotopic (exact) mass is 182 g/mol. The van der Waals surface area contributed by atoms with Crippen LogP contribution in [0.3, 0.4) is 0 Å². The third-order valence-electron chi connectivity index (χ3n) is 2.48. The average molecular weight is 182 g/mol. The number of nitrogens with two attached hydrogens (primary N) is 1. The third-order valence-corrected chi connectivity index (χ3v) is 2.48. The standard InChI is InChI=1S/C8H14N4O/c1-12-7(4-9)10-11-8(12)6-2-3-13-5-6/h6H,2-5,9H2,1H3. The lowest BCUT2D eigenvalue weighted by Gasteiger charge is -2.06. The molecule has 0 bridgehead atoms. The molecule has 2 rings (SSSR count). The van der Waals surface area contributed by atoms with Gasteiger partial charge in [-0.1, -0.05) is 0 Å². The lowest BCUT2D eigenvalue weighted by Crippen LogP contribution is -2.10. The van der Waals surface area contributed by atoms with Gasteiger partial charge >= 0.3 is 0 Å². The molecular weight excluding hydrogens is 168 g/mol. The summed E-state index contributed by atoms with van der Waals surface area (Å²) in [6, 6.07) is 0. The van der Waals surface area contributed by atoms with Crippen LogP contribution >= 0.6 is 0 Å². The van der Waals surface area contributed by atoms with Crippen molar-refractivity contribution in [2.45, 2.75) is 18.9 Å². The van der Waals surface area contributed by atoms with E-state index in [1.165, 1.54) is 0 Å². The highest BCUT2D eigenvalue weighted by Crippen LogP contribution is 2.23. The molecule has 1 unspecified atom stereocenters. The number of nitrogens with zero attached hydrogens (tertiary/aromatic N) is 3. The van der Waals surface area contributed by atoms with Crippen molar-refractivity contribution in [1.82, 2.24) is 14.8 Å². The first-order chi connectivity index (χ1) is 6.33. The zero-order valence-corrected chi connectivity index (χ0v) is 7.73. The van der Waals surface area contributed by atoms with Gasteiger partial charge in [-0.25, -0.2) is 0 Å². The average Bonchev–Trinajstić information content (AvgIpc) is 2.72. The van der Waals surface area contributed by atoms with Crippen LogP contribution in [0.25, 0.3) is 0 Å². The van der Waals surface area contributed by atoms with E-state index in [1.54, 1.807) is 0 Å². The van der Waals surface area contributed by atoms with Gasteiger partial charge in [0.1, 0.15) is 11.6 Å². The van der Waals surface area contributed by atoms with Gasteiger partial charge < -0.3 is 15.0 Å². The van der Waals surface area contributed by atoms with Crippen LogP contribution in [0, 0.1) is 0 Å². The summed E-state index contributed by atoms with van der Waals surface area (Å²) in [5.74, 6) is 2.23. The lowest BCUT2D eigenvalue weighted by molar-refractivity contribution is 0.192. The van der Waals surface area contributed by atoms with E-state index in [0.29, 0.717) is 12.5 Å². The normalized spacial score (nSPS) is 22.5. The van der Waals surface area contributed by atoms with E-state index in [2.05, 4.69) is 10.2 Å². The van der Waals surface area contributed by atoms with Crippen LogP contribution in [0.4, 0.5) is 0 Å². The van der Waals surface area contributed by atoms with Gasteiger partial charge in [0.05, 0.1) is 13.2 Å². The molecule has 0 aliphatic carbocycles. The highest BCUT2D eigenvalue weighted by Gasteiger charge is 2.23. The molecule has 2 N–H and O–H groups in total. The number of hydrogen-bond donors (Lipinski definition) is 1. The zero-order chi connectivity index (χ0) is 9.26. The van der Waals surface area contributed by atoms with Crippen LogP contribution < -0.4 is 5.73 Å². The van der Waals surface area contributed by atoms with E-state index in [0.717, 1.165) is 31.3 Å². The first kappa shape index (κ1) is 8.65. The van der Waals surface area contributed by atoms with E-state index < -0.39 is 0 Å². The summed E-state index contributed by atoms with van der Waals surface area (Å²) in [5, 5.41) is 8.13. The molecular formula is C8H14N4O. The lowest BCUT2D eigenvalue weighted by atomic mass is 10.1. The summed E-state index contributed by atoms with van der Waals surface area (Å²) < 4.78 is 7.27. The Hall–Kier alpha value is -0.940. The van der Waals surface area contributed by atoms with E-state index in [-0.39, 0.29) is 0 Å². The Balaban J connectivity index is 2.24. The quantitative estimate of drug-likeness (QED) is 0.686. The minimum absolute atomic E-state index is 0.401. The highest BCUT2D eigenvalue weighted by atomic mass is 16.5. The van der Waals surface area contributed by atoms with Crippen LogP contribution in [-0.2, 0) is 18.3 Å². The SMILES string of the molecule is Cn1c(CN)nnc1C1CCOC1. The third kappa shape index (κ3) is 1.45. The fourth-order valence-corrected chi connectivity index (χ4v) is 1.65. The Morgan fingerprint density at radius 2 is 2.46 bits per heavy atom. The van der Waals surface area contributed by atoms with Crippen LogP contribution in [0.1, 0.15) is 24.0 Å². The number of aromatic nitrogens is 3. The number of hydrogen-bond acceptors (Lipinski definition) is 4. The van der Waals surface area contributed by atoms with Crippen molar-refractivity contribution in [2.75, 3.05) is 13.2 Å². The van der Waals surface area contributed by atoms with Crippen LogP contribution in [0.2, 0.25) is 0 Å². The maximum absolute atomic E-state index is 5.51. The molecule has 0 radical (unpaired) electrons. The largest absolute Gasteiger partial charge is 0.381 e. The zero-order valence-electron chi connectivity index (χ0n) is 7.73. The molecule has 1 aromatic rings. The maximum atomic E-state index is 5.51. The second-order valence-corrected chi connectivity index (χ2v) is 3.30. The van der Waals surface area contributed by atoms with Crippen molar-refractivity contribution >= 4 is 0 Å². The van der Waals surface area contributed by atoms with Crippen molar-refractivity contribution in [3.8, 4) is 0 Å². The molecule has 1 aliphatic rings. The molecule has 1 atom stereocenters. The second-order valence-electron chi connectivity index (χ2n) is 3.30. The Labute approximate surface area is 76.9 Å². The Morgan fingerprint density at radius 1 is 1.62 bits per heavy atom. The summed E-state index contributed by atoms with van der Waals surface area (Å²) >= 11 is 0. The summed E-state index contributed by atoms with van der Waals surface area (Å²) in [5.41, 5.74) is 5.51. The van der Waals surface area contributed by atoms with Gasteiger partial charge in [0, 0.05) is 19.6 Å². The summed E-state index contributed by atoms with van der Waals surface area (Å²) in [6.07, 6.45) is 1.04.